The summed E-state index contributed by atoms with van der Waals surface area (Å²) < 4.78 is 14.4. The van der Waals surface area contributed by atoms with Gasteiger partial charge in [-0.15, -0.1) is 0 Å². The van der Waals surface area contributed by atoms with E-state index in [0.717, 1.165) is 43.2 Å². The summed E-state index contributed by atoms with van der Waals surface area (Å²) in [4.78, 5) is 11.8. The van der Waals surface area contributed by atoms with Crippen molar-refractivity contribution in [1.82, 2.24) is 0 Å². The minimum absolute atomic E-state index is 0.0411. The molecule has 2 atom stereocenters. The van der Waals surface area contributed by atoms with E-state index in [1.807, 2.05) is 25.1 Å². The van der Waals surface area contributed by atoms with Gasteiger partial charge in [0.1, 0.15) is 5.82 Å². The molecule has 2 nitrogen and oxygen atoms in total. The number of fused-ring (bicyclic) bond motifs is 1. The van der Waals surface area contributed by atoms with E-state index in [9.17, 15) is 14.3 Å². The Morgan fingerprint density at radius 2 is 1.86 bits per heavy atom. The summed E-state index contributed by atoms with van der Waals surface area (Å²) in [6, 6.07) is 11.9. The average molecular weight is 397 g/mol. The molecule has 2 unspecified atom stereocenters. The van der Waals surface area contributed by atoms with Crippen LogP contribution in [0.5, 0.6) is 0 Å². The first-order valence-corrected chi connectivity index (χ1v) is 10.8. The molecular weight excluding hydrogens is 363 g/mol. The van der Waals surface area contributed by atoms with E-state index < -0.39 is 5.97 Å². The third-order valence-corrected chi connectivity index (χ3v) is 7.10. The minimum Gasteiger partial charge on any atom is -0.481 e. The van der Waals surface area contributed by atoms with E-state index in [1.54, 1.807) is 13.0 Å². The van der Waals surface area contributed by atoms with Gasteiger partial charge in [-0.2, -0.15) is 0 Å². The number of aliphatic carboxylic acids is 1. The first-order valence-electron chi connectivity index (χ1n) is 10.8. The fourth-order valence-corrected chi connectivity index (χ4v) is 5.43. The lowest BCUT2D eigenvalue weighted by molar-refractivity contribution is -0.138. The van der Waals surface area contributed by atoms with Crippen LogP contribution in [-0.4, -0.2) is 11.1 Å². The Kier molecular flexibility index (Phi) is 6.45. The summed E-state index contributed by atoms with van der Waals surface area (Å²) in [5.74, 6) is -0.433. The number of rotatable bonds is 8. The zero-order chi connectivity index (χ0) is 21.2. The van der Waals surface area contributed by atoms with Crippen molar-refractivity contribution in [2.45, 2.75) is 72.1 Å². The second-order valence-electron chi connectivity index (χ2n) is 8.98. The van der Waals surface area contributed by atoms with Crippen LogP contribution in [0, 0.1) is 31.0 Å². The van der Waals surface area contributed by atoms with Crippen LogP contribution < -0.4 is 0 Å². The number of halogens is 1. The minimum atomic E-state index is -0.757. The summed E-state index contributed by atoms with van der Waals surface area (Å²) in [6.45, 7) is 8.27. The fraction of sp³-hybridized carbons (Fsp3) is 0.500. The first-order chi connectivity index (χ1) is 13.8. The average Bonchev–Trinajstić information content (AvgIpc) is 2.97. The van der Waals surface area contributed by atoms with E-state index >= 15 is 0 Å². The quantitative estimate of drug-likeness (QED) is 0.545. The highest BCUT2D eigenvalue weighted by Crippen LogP contribution is 2.55. The molecule has 0 heterocycles. The Labute approximate surface area is 174 Å². The SMILES string of the molecule is CCC(CC)CC1(Cc2cc(F)c(C)cc2C)Cc2ccccc2C1CC(=O)O. The molecule has 0 spiro atoms. The van der Waals surface area contributed by atoms with Crippen LogP contribution in [0.3, 0.4) is 0 Å². The van der Waals surface area contributed by atoms with E-state index in [4.69, 9.17) is 0 Å². The molecule has 2 aromatic carbocycles. The maximum Gasteiger partial charge on any atom is 0.303 e. The molecule has 0 saturated heterocycles. The largest absolute Gasteiger partial charge is 0.481 e. The van der Waals surface area contributed by atoms with Crippen molar-refractivity contribution in [3.8, 4) is 0 Å². The van der Waals surface area contributed by atoms with E-state index in [1.165, 1.54) is 11.1 Å². The number of aryl methyl sites for hydroxylation is 2. The van der Waals surface area contributed by atoms with Crippen LogP contribution in [0.15, 0.2) is 36.4 Å². The van der Waals surface area contributed by atoms with E-state index in [2.05, 4.69) is 26.0 Å². The maximum absolute atomic E-state index is 14.4. The number of carbonyl (C=O) groups is 1. The van der Waals surface area contributed by atoms with Gasteiger partial charge in [-0.1, -0.05) is 57.0 Å². The van der Waals surface area contributed by atoms with Gasteiger partial charge in [0.05, 0.1) is 6.42 Å². The molecule has 2 aromatic rings. The summed E-state index contributed by atoms with van der Waals surface area (Å²) in [7, 11) is 0. The highest BCUT2D eigenvalue weighted by molar-refractivity contribution is 5.69. The van der Waals surface area contributed by atoms with Crippen LogP contribution >= 0.6 is 0 Å². The van der Waals surface area contributed by atoms with Crippen molar-refractivity contribution in [2.24, 2.45) is 11.3 Å². The van der Waals surface area contributed by atoms with E-state index in [0.29, 0.717) is 11.5 Å². The predicted octanol–water partition coefficient (Wildman–Crippen LogP) is 6.61. The second-order valence-corrected chi connectivity index (χ2v) is 8.98. The van der Waals surface area contributed by atoms with Gasteiger partial charge in [-0.05, 0) is 78.3 Å². The zero-order valence-electron chi connectivity index (χ0n) is 18.1. The van der Waals surface area contributed by atoms with Crippen LogP contribution in [0.25, 0.3) is 0 Å². The Balaban J connectivity index is 2.10. The monoisotopic (exact) mass is 396 g/mol. The molecule has 3 heteroatoms. The highest BCUT2D eigenvalue weighted by Gasteiger charge is 2.47. The standard InChI is InChI=1S/C26H33FO2/c1-5-19(6-2)14-26(16-21-12-24(27)18(4)11-17(21)3)15-20-9-7-8-10-22(20)23(26)13-25(28)29/h7-12,19,23H,5-6,13-16H2,1-4H3,(H,28,29). The summed E-state index contributed by atoms with van der Waals surface area (Å²) in [5.41, 5.74) is 5.02. The molecular formula is C26H33FO2. The topological polar surface area (TPSA) is 37.3 Å². The number of carboxylic acids is 1. The maximum atomic E-state index is 14.4. The molecule has 156 valence electrons. The van der Waals surface area contributed by atoms with Gasteiger partial charge >= 0.3 is 5.97 Å². The van der Waals surface area contributed by atoms with Gasteiger partial charge in [0, 0.05) is 5.92 Å². The Morgan fingerprint density at radius 3 is 2.52 bits per heavy atom. The molecule has 0 radical (unpaired) electrons. The molecule has 1 aliphatic rings. The zero-order valence-corrected chi connectivity index (χ0v) is 18.1. The number of hydrogen-bond donors (Lipinski definition) is 1. The molecule has 0 bridgehead atoms. The van der Waals surface area contributed by atoms with Gasteiger partial charge in [-0.25, -0.2) is 4.39 Å². The van der Waals surface area contributed by atoms with Gasteiger partial charge in [0.2, 0.25) is 0 Å². The van der Waals surface area contributed by atoms with Crippen LogP contribution in [0.1, 0.15) is 73.3 Å². The van der Waals surface area contributed by atoms with Crippen LogP contribution in [-0.2, 0) is 17.6 Å². The molecule has 0 aliphatic heterocycles. The first kappa shape index (κ1) is 21.5. The molecule has 1 N–H and O–H groups in total. The number of carboxylic acid groups (broad SMARTS) is 1. The van der Waals surface area contributed by atoms with Crippen molar-refractivity contribution in [3.63, 3.8) is 0 Å². The normalized spacial score (nSPS) is 20.8. The van der Waals surface area contributed by atoms with Gasteiger partial charge < -0.3 is 5.11 Å². The molecule has 0 amide bonds. The van der Waals surface area contributed by atoms with Crippen molar-refractivity contribution in [2.75, 3.05) is 0 Å². The highest BCUT2D eigenvalue weighted by atomic mass is 19.1. The fourth-order valence-electron chi connectivity index (χ4n) is 5.43. The van der Waals surface area contributed by atoms with Crippen molar-refractivity contribution in [1.29, 1.82) is 0 Å². The molecule has 3 rings (SSSR count). The second kappa shape index (κ2) is 8.69. The van der Waals surface area contributed by atoms with Gasteiger partial charge in [-0.3, -0.25) is 4.79 Å². The van der Waals surface area contributed by atoms with Gasteiger partial charge in [0.15, 0.2) is 0 Å². The van der Waals surface area contributed by atoms with Crippen LogP contribution in [0.2, 0.25) is 0 Å². The number of hydrogen-bond acceptors (Lipinski definition) is 1. The lowest BCUT2D eigenvalue weighted by Crippen LogP contribution is -2.33. The lowest BCUT2D eigenvalue weighted by Gasteiger charge is -2.39. The van der Waals surface area contributed by atoms with Gasteiger partial charge in [0.25, 0.3) is 0 Å². The Hall–Kier alpha value is -2.16. The molecule has 0 saturated carbocycles. The molecule has 0 fully saturated rings. The third kappa shape index (κ3) is 4.39. The Morgan fingerprint density at radius 1 is 1.17 bits per heavy atom. The summed E-state index contributed by atoms with van der Waals surface area (Å²) >= 11 is 0. The van der Waals surface area contributed by atoms with Crippen molar-refractivity contribution < 1.29 is 14.3 Å². The smallest absolute Gasteiger partial charge is 0.303 e. The number of benzene rings is 2. The molecule has 1 aliphatic carbocycles. The third-order valence-electron chi connectivity index (χ3n) is 7.10. The van der Waals surface area contributed by atoms with Crippen molar-refractivity contribution >= 4 is 5.97 Å². The Bertz CT molecular complexity index is 884. The molecule has 0 aromatic heterocycles. The summed E-state index contributed by atoms with van der Waals surface area (Å²) in [5, 5.41) is 9.72. The molecule has 29 heavy (non-hydrogen) atoms. The predicted molar refractivity (Wildman–Crippen MR) is 116 cm³/mol. The van der Waals surface area contributed by atoms with E-state index in [-0.39, 0.29) is 23.6 Å². The summed E-state index contributed by atoms with van der Waals surface area (Å²) in [6.07, 6.45) is 4.85. The van der Waals surface area contributed by atoms with Crippen molar-refractivity contribution in [3.05, 3.63) is 70.0 Å². The lowest BCUT2D eigenvalue weighted by atomic mass is 9.65. The van der Waals surface area contributed by atoms with Crippen LogP contribution in [0.4, 0.5) is 4.39 Å².